The van der Waals surface area contributed by atoms with E-state index in [1.54, 1.807) is 20.8 Å². The lowest BCUT2D eigenvalue weighted by Gasteiger charge is -2.29. The van der Waals surface area contributed by atoms with Crippen LogP contribution >= 0.6 is 0 Å². The van der Waals surface area contributed by atoms with Gasteiger partial charge in [-0.1, -0.05) is 6.08 Å². The minimum atomic E-state index is -0.985. The molecule has 0 spiro atoms. The van der Waals surface area contributed by atoms with E-state index in [0.717, 1.165) is 31.8 Å². The van der Waals surface area contributed by atoms with E-state index in [0.29, 0.717) is 0 Å². The first-order chi connectivity index (χ1) is 12.2. The standard InChI is InChI=1S/C18H30N2O6/c1-18(2,3)26-17(24)19-11-10-15(21)20-13-6-8-14(9-7-13)25-12-4-5-16(22)23/h4-5,13-14H,6-12H2,1-3H3,(H,19,24)(H,20,21)(H,22,23)/b5-4+/t13-,14-. The molecule has 1 aliphatic rings. The van der Waals surface area contributed by atoms with Crippen LogP contribution in [0.5, 0.6) is 0 Å². The van der Waals surface area contributed by atoms with Gasteiger partial charge in [0.15, 0.2) is 0 Å². The molecule has 3 N–H and O–H groups in total. The highest BCUT2D eigenvalue weighted by atomic mass is 16.6. The first-order valence-electron chi connectivity index (χ1n) is 8.93. The van der Waals surface area contributed by atoms with Gasteiger partial charge in [0.1, 0.15) is 5.60 Å². The first kappa shape index (κ1) is 22.0. The molecule has 0 aromatic carbocycles. The maximum Gasteiger partial charge on any atom is 0.407 e. The second kappa shape index (κ2) is 10.8. The minimum absolute atomic E-state index is 0.0930. The summed E-state index contributed by atoms with van der Waals surface area (Å²) in [4.78, 5) is 33.8. The number of alkyl carbamates (subject to hydrolysis) is 1. The number of ether oxygens (including phenoxy) is 2. The molecule has 0 aromatic heterocycles. The molecule has 8 heteroatoms. The van der Waals surface area contributed by atoms with Crippen LogP contribution in [0.1, 0.15) is 52.9 Å². The lowest BCUT2D eigenvalue weighted by Crippen LogP contribution is -2.41. The molecule has 0 atom stereocenters. The second-order valence-electron chi connectivity index (χ2n) is 7.29. The number of nitrogens with one attached hydrogen (secondary N) is 2. The zero-order valence-corrected chi connectivity index (χ0v) is 15.7. The zero-order valence-electron chi connectivity index (χ0n) is 15.7. The molecule has 1 fully saturated rings. The zero-order chi connectivity index (χ0) is 19.6. The van der Waals surface area contributed by atoms with Crippen LogP contribution < -0.4 is 10.6 Å². The molecule has 8 nitrogen and oxygen atoms in total. The van der Waals surface area contributed by atoms with Gasteiger partial charge in [0.25, 0.3) is 0 Å². The quantitative estimate of drug-likeness (QED) is 0.563. The fourth-order valence-corrected chi connectivity index (χ4v) is 2.61. The van der Waals surface area contributed by atoms with E-state index in [1.165, 1.54) is 6.08 Å². The van der Waals surface area contributed by atoms with Crippen molar-refractivity contribution in [2.75, 3.05) is 13.2 Å². The highest BCUT2D eigenvalue weighted by Gasteiger charge is 2.22. The Morgan fingerprint density at radius 1 is 1.15 bits per heavy atom. The summed E-state index contributed by atoms with van der Waals surface area (Å²) in [5.41, 5.74) is -0.559. The molecule has 0 radical (unpaired) electrons. The summed E-state index contributed by atoms with van der Waals surface area (Å²) in [7, 11) is 0. The normalized spacial score (nSPS) is 20.6. The molecular formula is C18H30N2O6. The van der Waals surface area contributed by atoms with Gasteiger partial charge in [-0.15, -0.1) is 0 Å². The number of hydrogen-bond acceptors (Lipinski definition) is 5. The van der Waals surface area contributed by atoms with Crippen molar-refractivity contribution in [1.82, 2.24) is 10.6 Å². The SMILES string of the molecule is CC(C)(C)OC(=O)NCCC(=O)N[C@H]1CC[C@H](OC/C=C/C(=O)O)CC1. The number of aliphatic carboxylic acids is 1. The summed E-state index contributed by atoms with van der Waals surface area (Å²) < 4.78 is 10.7. The highest BCUT2D eigenvalue weighted by Crippen LogP contribution is 2.21. The van der Waals surface area contributed by atoms with Crippen LogP contribution in [-0.4, -0.2) is 54.0 Å². The van der Waals surface area contributed by atoms with Gasteiger partial charge >= 0.3 is 12.1 Å². The number of carboxylic acids is 1. The van der Waals surface area contributed by atoms with E-state index in [2.05, 4.69) is 10.6 Å². The summed E-state index contributed by atoms with van der Waals surface area (Å²) in [6.45, 7) is 5.85. The average molecular weight is 370 g/mol. The molecule has 1 aliphatic carbocycles. The van der Waals surface area contributed by atoms with E-state index in [4.69, 9.17) is 14.6 Å². The number of hydrogen-bond donors (Lipinski definition) is 3. The Hall–Kier alpha value is -2.09. The Labute approximate surface area is 154 Å². The van der Waals surface area contributed by atoms with Crippen molar-refractivity contribution in [2.45, 2.75) is 70.6 Å². The lowest BCUT2D eigenvalue weighted by atomic mass is 9.93. The predicted molar refractivity (Wildman–Crippen MR) is 95.8 cm³/mol. The van der Waals surface area contributed by atoms with Gasteiger partial charge < -0.3 is 25.2 Å². The summed E-state index contributed by atoms with van der Waals surface area (Å²) in [5, 5.41) is 14.0. The van der Waals surface area contributed by atoms with Crippen molar-refractivity contribution in [3.05, 3.63) is 12.2 Å². The van der Waals surface area contributed by atoms with Crippen molar-refractivity contribution in [3.8, 4) is 0 Å². The largest absolute Gasteiger partial charge is 0.478 e. The molecule has 26 heavy (non-hydrogen) atoms. The lowest BCUT2D eigenvalue weighted by molar-refractivity contribution is -0.131. The van der Waals surface area contributed by atoms with Crippen molar-refractivity contribution in [3.63, 3.8) is 0 Å². The van der Waals surface area contributed by atoms with Crippen LogP contribution in [0.15, 0.2) is 12.2 Å². The van der Waals surface area contributed by atoms with Gasteiger partial charge in [-0.3, -0.25) is 4.79 Å². The topological polar surface area (TPSA) is 114 Å². The van der Waals surface area contributed by atoms with E-state index in [9.17, 15) is 14.4 Å². The van der Waals surface area contributed by atoms with Gasteiger partial charge in [0.05, 0.1) is 12.7 Å². The third kappa shape index (κ3) is 10.7. The van der Waals surface area contributed by atoms with Gasteiger partial charge in [-0.05, 0) is 46.5 Å². The van der Waals surface area contributed by atoms with Gasteiger partial charge in [-0.25, -0.2) is 9.59 Å². The van der Waals surface area contributed by atoms with Gasteiger partial charge in [0.2, 0.25) is 5.91 Å². The molecule has 0 aliphatic heterocycles. The monoisotopic (exact) mass is 370 g/mol. The van der Waals surface area contributed by atoms with Crippen molar-refractivity contribution >= 4 is 18.0 Å². The number of carbonyl (C=O) groups is 3. The highest BCUT2D eigenvalue weighted by molar-refractivity contribution is 5.79. The Bertz CT molecular complexity index is 504. The predicted octanol–water partition coefficient (Wildman–Crippen LogP) is 1.99. The minimum Gasteiger partial charge on any atom is -0.478 e. The fraction of sp³-hybridized carbons (Fsp3) is 0.722. The fourth-order valence-electron chi connectivity index (χ4n) is 2.61. The van der Waals surface area contributed by atoms with Crippen LogP contribution in [0, 0.1) is 0 Å². The Morgan fingerprint density at radius 3 is 2.38 bits per heavy atom. The Morgan fingerprint density at radius 2 is 1.81 bits per heavy atom. The summed E-state index contributed by atoms with van der Waals surface area (Å²) in [6.07, 6.45) is 5.59. The number of carbonyl (C=O) groups excluding carboxylic acids is 2. The third-order valence-corrected chi connectivity index (χ3v) is 3.75. The van der Waals surface area contributed by atoms with Crippen LogP contribution in [0.2, 0.25) is 0 Å². The molecule has 0 aromatic rings. The van der Waals surface area contributed by atoms with E-state index in [-0.39, 0.29) is 37.6 Å². The molecule has 0 saturated heterocycles. The van der Waals surface area contributed by atoms with E-state index >= 15 is 0 Å². The van der Waals surface area contributed by atoms with Crippen LogP contribution in [0.4, 0.5) is 4.79 Å². The summed E-state index contributed by atoms with van der Waals surface area (Å²) in [5.74, 6) is -1.09. The molecule has 148 valence electrons. The van der Waals surface area contributed by atoms with E-state index in [1.807, 2.05) is 0 Å². The maximum absolute atomic E-state index is 11.9. The Balaban J connectivity index is 2.13. The molecule has 1 saturated carbocycles. The summed E-state index contributed by atoms with van der Waals surface area (Å²) >= 11 is 0. The average Bonchev–Trinajstić information content (AvgIpc) is 2.51. The van der Waals surface area contributed by atoms with Gasteiger partial charge in [0, 0.05) is 25.1 Å². The molecular weight excluding hydrogens is 340 g/mol. The molecule has 0 unspecified atom stereocenters. The maximum atomic E-state index is 11.9. The van der Waals surface area contributed by atoms with Crippen molar-refractivity contribution in [1.29, 1.82) is 0 Å². The van der Waals surface area contributed by atoms with Crippen LogP contribution in [0.3, 0.4) is 0 Å². The molecule has 0 heterocycles. The third-order valence-electron chi connectivity index (χ3n) is 3.75. The molecule has 2 amide bonds. The first-order valence-corrected chi connectivity index (χ1v) is 8.93. The van der Waals surface area contributed by atoms with Crippen LogP contribution in [-0.2, 0) is 19.1 Å². The molecule has 0 bridgehead atoms. The van der Waals surface area contributed by atoms with Crippen molar-refractivity contribution < 1.29 is 29.0 Å². The molecule has 1 rings (SSSR count). The second-order valence-corrected chi connectivity index (χ2v) is 7.29. The summed E-state index contributed by atoms with van der Waals surface area (Å²) in [6, 6.07) is 0.110. The smallest absolute Gasteiger partial charge is 0.407 e. The van der Waals surface area contributed by atoms with Gasteiger partial charge in [-0.2, -0.15) is 0 Å². The number of rotatable bonds is 8. The van der Waals surface area contributed by atoms with Crippen LogP contribution in [0.25, 0.3) is 0 Å². The Kier molecular flexibility index (Phi) is 9.12. The van der Waals surface area contributed by atoms with Crippen molar-refractivity contribution in [2.24, 2.45) is 0 Å². The number of carboxylic acid groups (broad SMARTS) is 1. The van der Waals surface area contributed by atoms with E-state index < -0.39 is 17.7 Å². The number of amides is 2.